The van der Waals surface area contributed by atoms with Crippen molar-refractivity contribution in [2.24, 2.45) is 0 Å². The Bertz CT molecular complexity index is 796. The molecule has 2 aromatic rings. The molecule has 1 fully saturated rings. The first kappa shape index (κ1) is 17.6. The summed E-state index contributed by atoms with van der Waals surface area (Å²) in [5.74, 6) is 2.43. The van der Waals surface area contributed by atoms with Crippen LogP contribution >= 0.6 is 0 Å². The van der Waals surface area contributed by atoms with Crippen LogP contribution in [0, 0.1) is 0 Å². The minimum absolute atomic E-state index is 0.316. The van der Waals surface area contributed by atoms with Crippen molar-refractivity contribution in [2.75, 3.05) is 11.1 Å². The summed E-state index contributed by atoms with van der Waals surface area (Å²) in [6.07, 6.45) is 9.28. The van der Waals surface area contributed by atoms with E-state index in [9.17, 15) is 4.21 Å². The van der Waals surface area contributed by atoms with Crippen molar-refractivity contribution in [2.45, 2.75) is 63.2 Å². The van der Waals surface area contributed by atoms with Crippen LogP contribution in [0.25, 0.3) is 11.5 Å². The van der Waals surface area contributed by atoms with Crippen molar-refractivity contribution in [1.29, 1.82) is 0 Å². The van der Waals surface area contributed by atoms with Crippen molar-refractivity contribution < 1.29 is 4.21 Å². The number of hydrogen-bond acceptors (Lipinski definition) is 5. The average molecular weight is 371 g/mol. The molecule has 0 aliphatic heterocycles. The molecule has 3 unspecified atom stereocenters. The van der Waals surface area contributed by atoms with Crippen LogP contribution in [-0.2, 0) is 23.6 Å². The van der Waals surface area contributed by atoms with E-state index in [1.807, 2.05) is 25.1 Å². The van der Waals surface area contributed by atoms with Crippen molar-refractivity contribution in [3.63, 3.8) is 0 Å². The van der Waals surface area contributed by atoms with Crippen LogP contribution in [0.4, 0.5) is 5.82 Å². The molecule has 0 spiro atoms. The molecule has 0 amide bonds. The lowest BCUT2D eigenvalue weighted by Crippen LogP contribution is -2.33. The third-order valence-electron chi connectivity index (χ3n) is 5.45. The van der Waals surface area contributed by atoms with Gasteiger partial charge in [-0.2, -0.15) is 0 Å². The Labute approximate surface area is 157 Å². The Kier molecular flexibility index (Phi) is 5.29. The zero-order chi connectivity index (χ0) is 17.9. The molecule has 2 aromatic heterocycles. The van der Waals surface area contributed by atoms with Gasteiger partial charge in [0.25, 0.3) is 0 Å². The van der Waals surface area contributed by atoms with Gasteiger partial charge in [0.1, 0.15) is 11.5 Å². The van der Waals surface area contributed by atoms with Gasteiger partial charge in [-0.3, -0.25) is 9.19 Å². The molecule has 0 radical (unpaired) electrons. The summed E-state index contributed by atoms with van der Waals surface area (Å²) < 4.78 is 12.2. The van der Waals surface area contributed by atoms with E-state index in [0.29, 0.717) is 17.1 Å². The van der Waals surface area contributed by atoms with E-state index < -0.39 is 10.8 Å². The first-order valence-electron chi connectivity index (χ1n) is 9.69. The third-order valence-corrected chi connectivity index (χ3v) is 7.19. The Balaban J connectivity index is 1.60. The Morgan fingerprint density at radius 3 is 2.92 bits per heavy atom. The number of anilines is 1. The zero-order valence-electron chi connectivity index (χ0n) is 15.3. The number of aryl methyl sites for hydroxylation is 1. The summed E-state index contributed by atoms with van der Waals surface area (Å²) in [4.78, 5) is 14.0. The minimum atomic E-state index is -0.708. The maximum absolute atomic E-state index is 12.2. The van der Waals surface area contributed by atoms with Gasteiger partial charge in [-0.25, -0.2) is 9.97 Å². The molecule has 2 aliphatic rings. The van der Waals surface area contributed by atoms with Crippen LogP contribution < -0.4 is 5.32 Å². The maximum atomic E-state index is 12.2. The van der Waals surface area contributed by atoms with Gasteiger partial charge in [-0.15, -0.1) is 0 Å². The third kappa shape index (κ3) is 3.65. The zero-order valence-corrected chi connectivity index (χ0v) is 16.1. The fourth-order valence-corrected chi connectivity index (χ4v) is 5.45. The highest BCUT2D eigenvalue weighted by Crippen LogP contribution is 2.31. The minimum Gasteiger partial charge on any atom is -0.367 e. The molecule has 1 saturated carbocycles. The summed E-state index contributed by atoms with van der Waals surface area (Å²) >= 11 is 0. The molecule has 4 rings (SSSR count). The lowest BCUT2D eigenvalue weighted by Gasteiger charge is -2.30. The molecule has 5 nitrogen and oxygen atoms in total. The van der Waals surface area contributed by atoms with Crippen LogP contribution in [0.1, 0.15) is 50.3 Å². The van der Waals surface area contributed by atoms with Gasteiger partial charge in [0.05, 0.1) is 0 Å². The molecule has 138 valence electrons. The van der Waals surface area contributed by atoms with Crippen LogP contribution in [0.2, 0.25) is 0 Å². The largest absolute Gasteiger partial charge is 0.367 e. The van der Waals surface area contributed by atoms with Crippen molar-refractivity contribution in [3.05, 3.63) is 35.7 Å². The van der Waals surface area contributed by atoms with E-state index in [2.05, 4.69) is 10.3 Å². The van der Waals surface area contributed by atoms with Gasteiger partial charge in [0.15, 0.2) is 5.82 Å². The van der Waals surface area contributed by atoms with Crippen molar-refractivity contribution >= 4 is 16.6 Å². The smallest absolute Gasteiger partial charge is 0.180 e. The SMILES string of the molecule is CCS(=O)C1CCCC(Nc2nc(-c3ccccn3)nc3c2CCC3)C1. The first-order valence-corrected chi connectivity index (χ1v) is 11.1. The Morgan fingerprint density at radius 2 is 2.12 bits per heavy atom. The van der Waals surface area contributed by atoms with Crippen LogP contribution in [0.5, 0.6) is 0 Å². The molecule has 2 aliphatic carbocycles. The quantitative estimate of drug-likeness (QED) is 0.872. The highest BCUT2D eigenvalue weighted by molar-refractivity contribution is 7.85. The molecular formula is C20H26N4OS. The van der Waals surface area contributed by atoms with E-state index in [1.54, 1.807) is 6.20 Å². The van der Waals surface area contributed by atoms with Gasteiger partial charge in [-0.1, -0.05) is 19.4 Å². The normalized spacial score (nSPS) is 23.4. The van der Waals surface area contributed by atoms with Crippen molar-refractivity contribution in [1.82, 2.24) is 15.0 Å². The van der Waals surface area contributed by atoms with Gasteiger partial charge in [-0.05, 0) is 50.7 Å². The molecule has 26 heavy (non-hydrogen) atoms. The summed E-state index contributed by atoms with van der Waals surface area (Å²) in [5.41, 5.74) is 3.25. The Morgan fingerprint density at radius 1 is 1.19 bits per heavy atom. The molecule has 2 heterocycles. The van der Waals surface area contributed by atoms with E-state index in [1.165, 1.54) is 5.56 Å². The predicted octanol–water partition coefficient (Wildman–Crippen LogP) is 3.52. The number of nitrogens with one attached hydrogen (secondary N) is 1. The van der Waals surface area contributed by atoms with Crippen LogP contribution in [0.3, 0.4) is 0 Å². The van der Waals surface area contributed by atoms with E-state index in [0.717, 1.165) is 67.9 Å². The highest BCUT2D eigenvalue weighted by Gasteiger charge is 2.28. The van der Waals surface area contributed by atoms with Gasteiger partial charge in [0, 0.05) is 45.3 Å². The lowest BCUT2D eigenvalue weighted by atomic mass is 9.95. The lowest BCUT2D eigenvalue weighted by molar-refractivity contribution is 0.464. The molecule has 3 atom stereocenters. The summed E-state index contributed by atoms with van der Waals surface area (Å²) in [6, 6.07) is 6.19. The summed E-state index contributed by atoms with van der Waals surface area (Å²) in [7, 11) is -0.708. The van der Waals surface area contributed by atoms with Gasteiger partial charge >= 0.3 is 0 Å². The summed E-state index contributed by atoms with van der Waals surface area (Å²) in [5, 5.41) is 4.00. The van der Waals surface area contributed by atoms with Crippen molar-refractivity contribution in [3.8, 4) is 11.5 Å². The molecule has 0 bridgehead atoms. The van der Waals surface area contributed by atoms with Gasteiger partial charge < -0.3 is 5.32 Å². The maximum Gasteiger partial charge on any atom is 0.180 e. The number of hydrogen-bond donors (Lipinski definition) is 1. The fraction of sp³-hybridized carbons (Fsp3) is 0.550. The summed E-state index contributed by atoms with van der Waals surface area (Å²) in [6.45, 7) is 2.02. The number of nitrogens with zero attached hydrogens (tertiary/aromatic N) is 3. The monoisotopic (exact) mass is 370 g/mol. The first-order chi connectivity index (χ1) is 12.7. The van der Waals surface area contributed by atoms with E-state index >= 15 is 0 Å². The second-order valence-corrected chi connectivity index (χ2v) is 9.19. The van der Waals surface area contributed by atoms with Crippen LogP contribution in [0.15, 0.2) is 24.4 Å². The number of pyridine rings is 1. The average Bonchev–Trinajstić information content (AvgIpc) is 3.17. The topological polar surface area (TPSA) is 67.8 Å². The number of rotatable bonds is 5. The Hall–Kier alpha value is -1.82. The second-order valence-electron chi connectivity index (χ2n) is 7.19. The highest BCUT2D eigenvalue weighted by atomic mass is 32.2. The second kappa shape index (κ2) is 7.82. The molecular weight excluding hydrogens is 344 g/mol. The van der Waals surface area contributed by atoms with E-state index in [-0.39, 0.29) is 0 Å². The molecule has 6 heteroatoms. The standard InChI is InChI=1S/C20H26N4OS/c1-2-26(25)15-8-5-7-14(13-15)22-19-16-9-6-11-17(16)23-20(24-19)18-10-3-4-12-21-18/h3-4,10,12,14-15H,2,5-9,11,13H2,1H3,(H,22,23,24). The number of fused-ring (bicyclic) bond motifs is 1. The fourth-order valence-electron chi connectivity index (χ4n) is 4.11. The predicted molar refractivity (Wildman–Crippen MR) is 106 cm³/mol. The molecule has 0 aromatic carbocycles. The molecule has 0 saturated heterocycles. The van der Waals surface area contributed by atoms with Crippen LogP contribution in [-0.4, -0.2) is 36.2 Å². The number of aromatic nitrogens is 3. The molecule has 1 N–H and O–H groups in total. The van der Waals surface area contributed by atoms with E-state index in [4.69, 9.17) is 9.97 Å². The van der Waals surface area contributed by atoms with Gasteiger partial charge in [0.2, 0.25) is 0 Å².